The number of carbonyl (C=O) groups is 1. The summed E-state index contributed by atoms with van der Waals surface area (Å²) in [6.07, 6.45) is 2.96. The van der Waals surface area contributed by atoms with Gasteiger partial charge in [0.05, 0.1) is 5.92 Å². The fourth-order valence-corrected chi connectivity index (χ4v) is 2.85. The van der Waals surface area contributed by atoms with Crippen molar-refractivity contribution in [2.24, 2.45) is 5.92 Å². The van der Waals surface area contributed by atoms with Gasteiger partial charge in [-0.3, -0.25) is 4.79 Å². The number of carboxylic acid groups (broad SMARTS) is 1. The van der Waals surface area contributed by atoms with Crippen LogP contribution in [0, 0.1) is 5.92 Å². The Kier molecular flexibility index (Phi) is 1.41. The number of thioether (sulfide) groups is 1. The molecule has 1 saturated heterocycles. The van der Waals surface area contributed by atoms with E-state index in [1.165, 1.54) is 0 Å². The van der Waals surface area contributed by atoms with E-state index in [2.05, 4.69) is 0 Å². The van der Waals surface area contributed by atoms with Gasteiger partial charge in [-0.05, 0) is 19.3 Å². The van der Waals surface area contributed by atoms with Gasteiger partial charge in [-0.15, -0.1) is 0 Å². The number of fused-ring (bicyclic) bond motifs is 1. The van der Waals surface area contributed by atoms with E-state index >= 15 is 0 Å². The SMILES string of the molecule is O=C(O)C1CCC2SC2C1. The Morgan fingerprint density at radius 1 is 1.40 bits per heavy atom. The molecule has 1 saturated carbocycles. The van der Waals surface area contributed by atoms with Gasteiger partial charge in [-0.1, -0.05) is 0 Å². The molecule has 0 spiro atoms. The molecule has 0 bridgehead atoms. The maximum Gasteiger partial charge on any atom is 0.306 e. The van der Waals surface area contributed by atoms with Crippen LogP contribution in [0.5, 0.6) is 0 Å². The lowest BCUT2D eigenvalue weighted by molar-refractivity contribution is -0.142. The van der Waals surface area contributed by atoms with Crippen LogP contribution in [0.15, 0.2) is 0 Å². The molecule has 1 aliphatic carbocycles. The second-order valence-corrected chi connectivity index (χ2v) is 4.54. The van der Waals surface area contributed by atoms with Crippen molar-refractivity contribution in [1.82, 2.24) is 0 Å². The van der Waals surface area contributed by atoms with Crippen molar-refractivity contribution in [3.05, 3.63) is 0 Å². The number of aliphatic carboxylic acids is 1. The quantitative estimate of drug-likeness (QED) is 0.585. The van der Waals surface area contributed by atoms with Crippen LogP contribution in [0.3, 0.4) is 0 Å². The molecule has 2 nitrogen and oxygen atoms in total. The number of rotatable bonds is 1. The van der Waals surface area contributed by atoms with Crippen LogP contribution in [-0.2, 0) is 4.79 Å². The summed E-state index contributed by atoms with van der Waals surface area (Å²) in [7, 11) is 0. The average Bonchev–Trinajstić information content (AvgIpc) is 2.63. The maximum absolute atomic E-state index is 10.5. The number of hydrogen-bond acceptors (Lipinski definition) is 2. The summed E-state index contributed by atoms with van der Waals surface area (Å²) in [6.45, 7) is 0. The molecule has 56 valence electrons. The van der Waals surface area contributed by atoms with Gasteiger partial charge in [0.1, 0.15) is 0 Å². The molecular formula is C7H10O2S. The van der Waals surface area contributed by atoms with Gasteiger partial charge in [-0.2, -0.15) is 11.8 Å². The second-order valence-electron chi connectivity index (χ2n) is 3.06. The van der Waals surface area contributed by atoms with E-state index in [-0.39, 0.29) is 5.92 Å². The van der Waals surface area contributed by atoms with Gasteiger partial charge >= 0.3 is 5.97 Å². The van der Waals surface area contributed by atoms with E-state index in [9.17, 15) is 4.79 Å². The molecule has 1 heterocycles. The van der Waals surface area contributed by atoms with Gasteiger partial charge in [0, 0.05) is 10.5 Å². The zero-order chi connectivity index (χ0) is 7.14. The van der Waals surface area contributed by atoms with Gasteiger partial charge in [0.25, 0.3) is 0 Å². The molecule has 0 radical (unpaired) electrons. The van der Waals surface area contributed by atoms with Crippen LogP contribution < -0.4 is 0 Å². The molecule has 1 N–H and O–H groups in total. The minimum absolute atomic E-state index is 0.0313. The van der Waals surface area contributed by atoms with Crippen molar-refractivity contribution in [2.45, 2.75) is 29.8 Å². The monoisotopic (exact) mass is 158 g/mol. The maximum atomic E-state index is 10.5. The third-order valence-electron chi connectivity index (χ3n) is 2.35. The minimum atomic E-state index is -0.592. The van der Waals surface area contributed by atoms with Crippen LogP contribution >= 0.6 is 11.8 Å². The second kappa shape index (κ2) is 2.16. The van der Waals surface area contributed by atoms with E-state index in [4.69, 9.17) is 5.11 Å². The van der Waals surface area contributed by atoms with Crippen molar-refractivity contribution in [3.63, 3.8) is 0 Å². The first-order chi connectivity index (χ1) is 4.77. The van der Waals surface area contributed by atoms with Crippen molar-refractivity contribution >= 4 is 17.7 Å². The van der Waals surface area contributed by atoms with E-state index in [0.717, 1.165) is 24.5 Å². The number of carboxylic acids is 1. The van der Waals surface area contributed by atoms with Crippen molar-refractivity contribution in [1.29, 1.82) is 0 Å². The fraction of sp³-hybridized carbons (Fsp3) is 0.857. The Hall–Kier alpha value is -0.180. The molecule has 2 rings (SSSR count). The highest BCUT2D eigenvalue weighted by molar-refractivity contribution is 8.07. The third-order valence-corrected chi connectivity index (χ3v) is 3.82. The summed E-state index contributed by atoms with van der Waals surface area (Å²) in [5.74, 6) is -0.623. The standard InChI is InChI=1S/C7H10O2S/c8-7(9)4-1-2-5-6(3-4)10-5/h4-6H,1-3H2,(H,8,9). The topological polar surface area (TPSA) is 37.3 Å². The van der Waals surface area contributed by atoms with Gasteiger partial charge in [0.15, 0.2) is 0 Å². The molecular weight excluding hydrogens is 148 g/mol. The largest absolute Gasteiger partial charge is 0.481 e. The predicted octanol–water partition coefficient (Wildman–Crippen LogP) is 1.36. The molecule has 0 amide bonds. The lowest BCUT2D eigenvalue weighted by atomic mass is 9.90. The smallest absolute Gasteiger partial charge is 0.306 e. The highest BCUT2D eigenvalue weighted by atomic mass is 32.2. The summed E-state index contributed by atoms with van der Waals surface area (Å²) < 4.78 is 0. The molecule has 3 heteroatoms. The average molecular weight is 158 g/mol. The zero-order valence-electron chi connectivity index (χ0n) is 5.62. The molecule has 0 aromatic heterocycles. The van der Waals surface area contributed by atoms with Gasteiger partial charge in [0.2, 0.25) is 0 Å². The summed E-state index contributed by atoms with van der Waals surface area (Å²) in [5.41, 5.74) is 0. The summed E-state index contributed by atoms with van der Waals surface area (Å²) >= 11 is 1.96. The van der Waals surface area contributed by atoms with E-state index < -0.39 is 5.97 Å². The Morgan fingerprint density at radius 3 is 2.80 bits per heavy atom. The van der Waals surface area contributed by atoms with Crippen LogP contribution in [0.4, 0.5) is 0 Å². The first-order valence-corrected chi connectivity index (χ1v) is 4.60. The summed E-state index contributed by atoms with van der Waals surface area (Å²) in [6, 6.07) is 0. The highest BCUT2D eigenvalue weighted by Gasteiger charge is 2.44. The van der Waals surface area contributed by atoms with Crippen molar-refractivity contribution < 1.29 is 9.90 Å². The van der Waals surface area contributed by atoms with E-state index in [1.807, 2.05) is 11.8 Å². The Labute approximate surface area is 64.0 Å². The van der Waals surface area contributed by atoms with Crippen LogP contribution in [0.2, 0.25) is 0 Å². The summed E-state index contributed by atoms with van der Waals surface area (Å²) in [5, 5.41) is 10.2. The molecule has 0 aromatic carbocycles. The van der Waals surface area contributed by atoms with Crippen molar-refractivity contribution in [2.75, 3.05) is 0 Å². The van der Waals surface area contributed by atoms with Crippen LogP contribution in [0.1, 0.15) is 19.3 Å². The highest BCUT2D eigenvalue weighted by Crippen LogP contribution is 2.52. The first kappa shape index (κ1) is 6.53. The Morgan fingerprint density at radius 2 is 2.20 bits per heavy atom. The normalized spacial score (nSPS) is 44.2. The zero-order valence-corrected chi connectivity index (χ0v) is 6.43. The molecule has 2 aliphatic rings. The van der Waals surface area contributed by atoms with Crippen LogP contribution in [-0.4, -0.2) is 21.6 Å². The van der Waals surface area contributed by atoms with Gasteiger partial charge < -0.3 is 5.11 Å². The van der Waals surface area contributed by atoms with Crippen molar-refractivity contribution in [3.8, 4) is 0 Å². The minimum Gasteiger partial charge on any atom is -0.481 e. The molecule has 0 aromatic rings. The molecule has 10 heavy (non-hydrogen) atoms. The summed E-state index contributed by atoms with van der Waals surface area (Å²) in [4.78, 5) is 10.5. The molecule has 2 fully saturated rings. The van der Waals surface area contributed by atoms with Gasteiger partial charge in [-0.25, -0.2) is 0 Å². The van der Waals surface area contributed by atoms with Crippen LogP contribution in [0.25, 0.3) is 0 Å². The lowest BCUT2D eigenvalue weighted by Gasteiger charge is -2.14. The fourth-order valence-electron chi connectivity index (χ4n) is 1.63. The van der Waals surface area contributed by atoms with E-state index in [0.29, 0.717) is 5.25 Å². The Balaban J connectivity index is 1.94. The molecule has 3 atom stereocenters. The number of hydrogen-bond donors (Lipinski definition) is 1. The molecule has 3 unspecified atom stereocenters. The first-order valence-electron chi connectivity index (χ1n) is 3.65. The third kappa shape index (κ3) is 1.03. The predicted molar refractivity (Wildman–Crippen MR) is 40.1 cm³/mol. The lowest BCUT2D eigenvalue weighted by Crippen LogP contribution is -2.21. The Bertz CT molecular complexity index is 169. The molecule has 1 aliphatic heterocycles. The van der Waals surface area contributed by atoms with E-state index in [1.54, 1.807) is 0 Å².